The van der Waals surface area contributed by atoms with Gasteiger partial charge in [0.2, 0.25) is 11.7 Å². The largest absolute Gasteiger partial charge is 0.497 e. The van der Waals surface area contributed by atoms with E-state index in [0.29, 0.717) is 33.8 Å². The number of ketones is 1. The predicted molar refractivity (Wildman–Crippen MR) is 106 cm³/mol. The number of pyridine rings is 1. The van der Waals surface area contributed by atoms with Crippen LogP contribution in [0.5, 0.6) is 5.75 Å². The summed E-state index contributed by atoms with van der Waals surface area (Å²) in [4.78, 5) is 32.6. The van der Waals surface area contributed by atoms with E-state index >= 15 is 0 Å². The van der Waals surface area contributed by atoms with Gasteiger partial charge in [0.25, 0.3) is 0 Å². The predicted octanol–water partition coefficient (Wildman–Crippen LogP) is 4.44. The number of halogens is 1. The first-order valence-corrected chi connectivity index (χ1v) is 8.92. The van der Waals surface area contributed by atoms with Crippen molar-refractivity contribution in [3.05, 3.63) is 52.9 Å². The minimum absolute atomic E-state index is 0.159. The van der Waals surface area contributed by atoms with Gasteiger partial charge in [0.15, 0.2) is 0 Å². The van der Waals surface area contributed by atoms with Crippen molar-refractivity contribution >= 4 is 39.9 Å². The quantitative estimate of drug-likeness (QED) is 0.614. The van der Waals surface area contributed by atoms with Crippen LogP contribution in [-0.2, 0) is 4.79 Å². The zero-order chi connectivity index (χ0) is 19.6. The van der Waals surface area contributed by atoms with E-state index < -0.39 is 0 Å². The number of rotatable bonds is 6. The van der Waals surface area contributed by atoms with Crippen LogP contribution in [-0.4, -0.2) is 28.8 Å². The number of benzene rings is 1. The number of ether oxygens (including phenoxy) is 1. The first-order chi connectivity index (χ1) is 12.9. The highest BCUT2D eigenvalue weighted by atomic mass is 35.5. The van der Waals surface area contributed by atoms with Crippen LogP contribution in [0.15, 0.2) is 36.5 Å². The molecule has 0 fully saturated rings. The maximum atomic E-state index is 13.1. The summed E-state index contributed by atoms with van der Waals surface area (Å²) >= 11 is 6.07. The zero-order valence-corrected chi connectivity index (χ0v) is 16.1. The summed E-state index contributed by atoms with van der Waals surface area (Å²) in [7, 11) is 1.52. The Morgan fingerprint density at radius 2 is 2.04 bits per heavy atom. The molecule has 0 aliphatic heterocycles. The Labute approximate surface area is 161 Å². The second kappa shape index (κ2) is 7.80. The molecule has 0 saturated heterocycles. The lowest BCUT2D eigenvalue weighted by molar-refractivity contribution is -0.116. The molecule has 3 rings (SSSR count). The molecule has 6 nitrogen and oxygen atoms in total. The van der Waals surface area contributed by atoms with Gasteiger partial charge in [0.1, 0.15) is 17.1 Å². The summed E-state index contributed by atoms with van der Waals surface area (Å²) in [5.74, 6) is 0.219. The Morgan fingerprint density at radius 3 is 2.74 bits per heavy atom. The van der Waals surface area contributed by atoms with E-state index in [1.54, 1.807) is 30.3 Å². The highest BCUT2D eigenvalue weighted by Crippen LogP contribution is 2.31. The van der Waals surface area contributed by atoms with Crippen molar-refractivity contribution < 1.29 is 14.3 Å². The third-order valence-corrected chi connectivity index (χ3v) is 4.28. The fourth-order valence-electron chi connectivity index (χ4n) is 2.82. The second-order valence-corrected chi connectivity index (χ2v) is 7.06. The maximum absolute atomic E-state index is 13.1. The first kappa shape index (κ1) is 18.9. The summed E-state index contributed by atoms with van der Waals surface area (Å²) in [5.41, 5.74) is 1.56. The molecule has 0 aliphatic carbocycles. The average molecular weight is 386 g/mol. The highest BCUT2D eigenvalue weighted by molar-refractivity contribution is 6.31. The van der Waals surface area contributed by atoms with Gasteiger partial charge in [-0.2, -0.15) is 0 Å². The number of hydrogen-bond donors (Lipinski definition) is 2. The molecule has 0 bridgehead atoms. The van der Waals surface area contributed by atoms with Crippen molar-refractivity contribution in [2.75, 3.05) is 12.4 Å². The van der Waals surface area contributed by atoms with Crippen molar-refractivity contribution in [1.29, 1.82) is 0 Å². The van der Waals surface area contributed by atoms with Crippen molar-refractivity contribution in [2.45, 2.75) is 20.3 Å². The van der Waals surface area contributed by atoms with E-state index in [1.807, 2.05) is 13.8 Å². The van der Waals surface area contributed by atoms with Crippen molar-refractivity contribution in [3.8, 4) is 5.75 Å². The lowest BCUT2D eigenvalue weighted by Gasteiger charge is -2.09. The summed E-state index contributed by atoms with van der Waals surface area (Å²) in [6.07, 6.45) is 1.86. The number of nitrogens with one attached hydrogen (secondary N) is 2. The third kappa shape index (κ3) is 4.11. The van der Waals surface area contributed by atoms with Crippen LogP contribution >= 0.6 is 11.6 Å². The van der Waals surface area contributed by atoms with E-state index in [2.05, 4.69) is 15.3 Å². The van der Waals surface area contributed by atoms with E-state index in [9.17, 15) is 9.59 Å². The molecule has 0 unspecified atom stereocenters. The molecule has 0 radical (unpaired) electrons. The monoisotopic (exact) mass is 385 g/mol. The molecule has 1 amide bonds. The molecular weight excluding hydrogens is 366 g/mol. The number of H-pyrrole nitrogens is 1. The number of carbonyl (C=O) groups excluding carboxylic acids is 2. The normalized spacial score (nSPS) is 11.0. The van der Waals surface area contributed by atoms with E-state index in [1.165, 1.54) is 13.3 Å². The van der Waals surface area contributed by atoms with Gasteiger partial charge in [-0.15, -0.1) is 0 Å². The Balaban J connectivity index is 2.08. The van der Waals surface area contributed by atoms with Crippen molar-refractivity contribution in [1.82, 2.24) is 9.97 Å². The number of aromatic amines is 1. The van der Waals surface area contributed by atoms with Crippen LogP contribution in [0.25, 0.3) is 10.9 Å². The minimum Gasteiger partial charge on any atom is -0.497 e. The Bertz CT molecular complexity index is 1010. The fourth-order valence-corrected chi connectivity index (χ4v) is 2.99. The Kier molecular flexibility index (Phi) is 5.46. The van der Waals surface area contributed by atoms with Crippen LogP contribution in [0, 0.1) is 5.92 Å². The minimum atomic E-state index is -0.346. The number of methoxy groups -OCH3 is 1. The van der Waals surface area contributed by atoms with Crippen LogP contribution in [0.3, 0.4) is 0 Å². The topological polar surface area (TPSA) is 84.1 Å². The van der Waals surface area contributed by atoms with Gasteiger partial charge in [-0.05, 0) is 30.2 Å². The number of aromatic nitrogens is 2. The SMILES string of the molecule is COc1ccnc(C(=O)c2[nH]c3cc(Cl)ccc3c2NC(=O)CC(C)C)c1. The standard InChI is InChI=1S/C20H20ClN3O3/c1-11(2)8-17(25)24-18-14-5-4-12(21)9-15(14)23-19(18)20(26)16-10-13(27-3)6-7-22-16/h4-7,9-11,23H,8H2,1-3H3,(H,24,25). The van der Waals surface area contributed by atoms with E-state index in [0.717, 1.165) is 0 Å². The number of anilines is 1. The molecule has 0 atom stereocenters. The number of carbonyl (C=O) groups is 2. The number of nitrogens with zero attached hydrogens (tertiary/aromatic N) is 1. The number of amides is 1. The van der Waals surface area contributed by atoms with Gasteiger partial charge in [0.05, 0.1) is 12.8 Å². The highest BCUT2D eigenvalue weighted by Gasteiger charge is 2.22. The van der Waals surface area contributed by atoms with Crippen LogP contribution < -0.4 is 10.1 Å². The lowest BCUT2D eigenvalue weighted by Crippen LogP contribution is -2.16. The fraction of sp³-hybridized carbons (Fsp3) is 0.250. The van der Waals surface area contributed by atoms with Gasteiger partial charge >= 0.3 is 0 Å². The molecular formula is C20H20ClN3O3. The molecule has 1 aromatic carbocycles. The third-order valence-electron chi connectivity index (χ3n) is 4.05. The average Bonchev–Trinajstić information content (AvgIpc) is 2.97. The van der Waals surface area contributed by atoms with Gasteiger partial charge in [-0.25, -0.2) is 0 Å². The summed E-state index contributed by atoms with van der Waals surface area (Å²) in [5, 5.41) is 4.11. The molecule has 0 saturated carbocycles. The Hall–Kier alpha value is -2.86. The summed E-state index contributed by atoms with van der Waals surface area (Å²) in [6, 6.07) is 8.42. The molecule has 140 valence electrons. The molecule has 2 aromatic heterocycles. The molecule has 7 heteroatoms. The van der Waals surface area contributed by atoms with Crippen LogP contribution in [0.4, 0.5) is 5.69 Å². The molecule has 0 aliphatic rings. The first-order valence-electron chi connectivity index (χ1n) is 8.55. The number of hydrogen-bond acceptors (Lipinski definition) is 4. The van der Waals surface area contributed by atoms with E-state index in [-0.39, 0.29) is 29.0 Å². The van der Waals surface area contributed by atoms with Crippen molar-refractivity contribution in [3.63, 3.8) is 0 Å². The van der Waals surface area contributed by atoms with Crippen molar-refractivity contribution in [2.24, 2.45) is 5.92 Å². The molecule has 27 heavy (non-hydrogen) atoms. The number of fused-ring (bicyclic) bond motifs is 1. The lowest BCUT2D eigenvalue weighted by atomic mass is 10.1. The van der Waals surface area contributed by atoms with Crippen LogP contribution in [0.2, 0.25) is 5.02 Å². The van der Waals surface area contributed by atoms with Gasteiger partial charge in [0, 0.05) is 34.6 Å². The molecule has 0 spiro atoms. The van der Waals surface area contributed by atoms with Crippen LogP contribution in [0.1, 0.15) is 36.5 Å². The molecule has 2 N–H and O–H groups in total. The summed E-state index contributed by atoms with van der Waals surface area (Å²) in [6.45, 7) is 3.92. The Morgan fingerprint density at radius 1 is 1.26 bits per heavy atom. The van der Waals surface area contributed by atoms with Gasteiger partial charge < -0.3 is 15.0 Å². The molecule has 3 aromatic rings. The smallest absolute Gasteiger partial charge is 0.229 e. The zero-order valence-electron chi connectivity index (χ0n) is 15.3. The maximum Gasteiger partial charge on any atom is 0.229 e. The van der Waals surface area contributed by atoms with E-state index in [4.69, 9.17) is 16.3 Å². The molecule has 2 heterocycles. The summed E-state index contributed by atoms with van der Waals surface area (Å²) < 4.78 is 5.16. The van der Waals surface area contributed by atoms with Gasteiger partial charge in [-0.1, -0.05) is 25.4 Å². The van der Waals surface area contributed by atoms with Gasteiger partial charge in [-0.3, -0.25) is 14.6 Å². The second-order valence-electron chi connectivity index (χ2n) is 6.62.